The van der Waals surface area contributed by atoms with Crippen molar-refractivity contribution in [1.82, 2.24) is 9.97 Å². The molecule has 3 rings (SSSR count). The minimum Gasteiger partial charge on any atom is -0.463 e. The number of aromatic nitrogens is 2. The molecule has 1 aromatic carbocycles. The Balaban J connectivity index is 2.00. The molecule has 0 fully saturated rings. The highest BCUT2D eigenvalue weighted by Gasteiger charge is 2.08. The van der Waals surface area contributed by atoms with Crippen molar-refractivity contribution >= 4 is 41.2 Å². The number of hydrogen-bond acceptors (Lipinski definition) is 7. The summed E-state index contributed by atoms with van der Waals surface area (Å²) in [5.74, 6) is 0.0137. The van der Waals surface area contributed by atoms with Crippen LogP contribution < -0.4 is 15.7 Å². The van der Waals surface area contributed by atoms with E-state index in [4.69, 9.17) is 21.4 Å². The number of nitrogens with zero attached hydrogens (tertiary/aromatic N) is 1. The van der Waals surface area contributed by atoms with Crippen molar-refractivity contribution < 1.29 is 13.9 Å². The molecular weight excluding hydrogens is 346 g/mol. The summed E-state index contributed by atoms with van der Waals surface area (Å²) in [5.41, 5.74) is -0.258. The first-order chi connectivity index (χ1) is 11.9. The summed E-state index contributed by atoms with van der Waals surface area (Å²) < 4.78 is 10.5. The highest BCUT2D eigenvalue weighted by molar-refractivity contribution is 7.71. The lowest BCUT2D eigenvalue weighted by molar-refractivity contribution is -0.131. The highest BCUT2D eigenvalue weighted by atomic mass is 32.1. The lowest BCUT2D eigenvalue weighted by Crippen LogP contribution is -2.09. The number of fused-ring (bicyclic) bond motifs is 1. The van der Waals surface area contributed by atoms with Gasteiger partial charge < -0.3 is 14.1 Å². The minimum atomic E-state index is -0.472. The predicted molar refractivity (Wildman–Crippen MR) is 93.3 cm³/mol. The van der Waals surface area contributed by atoms with Gasteiger partial charge in [0.1, 0.15) is 23.4 Å². The van der Waals surface area contributed by atoms with E-state index < -0.39 is 11.5 Å². The number of aliphatic imine (C=N–C) groups is 1. The van der Waals surface area contributed by atoms with Gasteiger partial charge in [-0.25, -0.2) is 4.99 Å². The molecule has 2 heterocycles. The molecule has 9 heteroatoms. The standard InChI is InChI=1S/C16H11N3O5S/c1-8(20)24-10-2-3-11-12(4-10)23-7-9(15(11)22)6-17-13-5-14(21)19-16(25)18-13/h2-7H,1H3,(H2,18,19,21,25)/b17-6+. The first-order valence-corrected chi connectivity index (χ1v) is 7.45. The zero-order valence-electron chi connectivity index (χ0n) is 12.9. The monoisotopic (exact) mass is 357 g/mol. The Morgan fingerprint density at radius 2 is 2.08 bits per heavy atom. The Hall–Kier alpha value is -3.33. The van der Waals surface area contributed by atoms with E-state index in [-0.39, 0.29) is 32.9 Å². The van der Waals surface area contributed by atoms with Gasteiger partial charge in [0.25, 0.3) is 5.56 Å². The van der Waals surface area contributed by atoms with E-state index in [2.05, 4.69) is 15.0 Å². The molecule has 0 aliphatic heterocycles. The van der Waals surface area contributed by atoms with Gasteiger partial charge in [-0.3, -0.25) is 19.4 Å². The number of carbonyl (C=O) groups excluding carboxylic acids is 1. The fourth-order valence-corrected chi connectivity index (χ4v) is 2.31. The van der Waals surface area contributed by atoms with E-state index in [0.717, 1.165) is 0 Å². The number of hydrogen-bond donors (Lipinski definition) is 2. The number of nitrogens with one attached hydrogen (secondary N) is 2. The smallest absolute Gasteiger partial charge is 0.308 e. The van der Waals surface area contributed by atoms with E-state index >= 15 is 0 Å². The third-order valence-corrected chi connectivity index (χ3v) is 3.33. The van der Waals surface area contributed by atoms with Gasteiger partial charge in [-0.2, -0.15) is 0 Å². The van der Waals surface area contributed by atoms with Crippen LogP contribution in [0.25, 0.3) is 11.0 Å². The van der Waals surface area contributed by atoms with Crippen molar-refractivity contribution in [2.24, 2.45) is 4.99 Å². The molecule has 0 amide bonds. The van der Waals surface area contributed by atoms with Gasteiger partial charge in [0.2, 0.25) is 5.43 Å². The van der Waals surface area contributed by atoms with E-state index in [9.17, 15) is 14.4 Å². The molecule has 0 saturated carbocycles. The first kappa shape index (κ1) is 16.5. The van der Waals surface area contributed by atoms with Crippen molar-refractivity contribution in [3.63, 3.8) is 0 Å². The minimum absolute atomic E-state index is 0.128. The van der Waals surface area contributed by atoms with Crippen LogP contribution in [0.4, 0.5) is 5.82 Å². The molecule has 126 valence electrons. The fourth-order valence-electron chi connectivity index (χ4n) is 2.11. The maximum absolute atomic E-state index is 12.5. The molecule has 0 aliphatic rings. The molecule has 0 aliphatic carbocycles. The average Bonchev–Trinajstić information content (AvgIpc) is 2.53. The first-order valence-electron chi connectivity index (χ1n) is 7.04. The van der Waals surface area contributed by atoms with Crippen LogP contribution in [-0.2, 0) is 4.79 Å². The van der Waals surface area contributed by atoms with Crippen LogP contribution in [0.1, 0.15) is 12.5 Å². The molecular formula is C16H11N3O5S. The van der Waals surface area contributed by atoms with Gasteiger partial charge in [0.15, 0.2) is 4.77 Å². The summed E-state index contributed by atoms with van der Waals surface area (Å²) in [6.07, 6.45) is 2.50. The maximum atomic E-state index is 12.5. The lowest BCUT2D eigenvalue weighted by atomic mass is 10.2. The fraction of sp³-hybridized carbons (Fsp3) is 0.0625. The summed E-state index contributed by atoms with van der Waals surface area (Å²) in [4.78, 5) is 43.9. The average molecular weight is 357 g/mol. The van der Waals surface area contributed by atoms with Crippen LogP contribution in [0, 0.1) is 4.77 Å². The summed E-state index contributed by atoms with van der Waals surface area (Å²) in [5, 5.41) is 0.304. The summed E-state index contributed by atoms with van der Waals surface area (Å²) in [6, 6.07) is 5.65. The zero-order chi connectivity index (χ0) is 18.0. The Bertz CT molecular complexity index is 1140. The molecule has 2 aromatic heterocycles. The Labute approximate surface area is 144 Å². The summed E-state index contributed by atoms with van der Waals surface area (Å²) >= 11 is 4.85. The maximum Gasteiger partial charge on any atom is 0.308 e. The number of rotatable bonds is 3. The third-order valence-electron chi connectivity index (χ3n) is 3.12. The molecule has 0 atom stereocenters. The largest absolute Gasteiger partial charge is 0.463 e. The van der Waals surface area contributed by atoms with Gasteiger partial charge in [-0.05, 0) is 24.4 Å². The zero-order valence-corrected chi connectivity index (χ0v) is 13.7. The predicted octanol–water partition coefficient (Wildman–Crippen LogP) is 2.21. The molecule has 25 heavy (non-hydrogen) atoms. The van der Waals surface area contributed by atoms with Crippen molar-refractivity contribution in [2.75, 3.05) is 0 Å². The molecule has 0 unspecified atom stereocenters. The van der Waals surface area contributed by atoms with Gasteiger partial charge in [0.05, 0.1) is 10.9 Å². The highest BCUT2D eigenvalue weighted by Crippen LogP contribution is 2.19. The van der Waals surface area contributed by atoms with E-state index in [0.29, 0.717) is 5.39 Å². The number of H-pyrrole nitrogens is 2. The Morgan fingerprint density at radius 3 is 2.80 bits per heavy atom. The molecule has 2 N–H and O–H groups in total. The summed E-state index contributed by atoms with van der Waals surface area (Å²) in [7, 11) is 0. The molecule has 0 spiro atoms. The third kappa shape index (κ3) is 3.78. The van der Waals surface area contributed by atoms with Crippen molar-refractivity contribution in [3.8, 4) is 5.75 Å². The lowest BCUT2D eigenvalue weighted by Gasteiger charge is -2.03. The van der Waals surface area contributed by atoms with E-state index in [1.54, 1.807) is 0 Å². The number of aromatic amines is 2. The van der Waals surface area contributed by atoms with Crippen LogP contribution in [0.5, 0.6) is 5.75 Å². The van der Waals surface area contributed by atoms with Crippen LogP contribution in [0.15, 0.2) is 49.5 Å². The van der Waals surface area contributed by atoms with Crippen molar-refractivity contribution in [2.45, 2.75) is 6.92 Å². The molecule has 0 radical (unpaired) electrons. The number of benzene rings is 1. The molecule has 0 saturated heterocycles. The number of esters is 1. The molecule has 8 nitrogen and oxygen atoms in total. The molecule has 0 bridgehead atoms. The second-order valence-corrected chi connectivity index (χ2v) is 5.41. The topological polar surface area (TPSA) is 118 Å². The van der Waals surface area contributed by atoms with Crippen LogP contribution in [0.3, 0.4) is 0 Å². The second-order valence-electron chi connectivity index (χ2n) is 5.00. The van der Waals surface area contributed by atoms with Gasteiger partial charge >= 0.3 is 5.97 Å². The number of carbonyl (C=O) groups is 1. The van der Waals surface area contributed by atoms with Crippen molar-refractivity contribution in [3.05, 3.63) is 61.4 Å². The second kappa shape index (κ2) is 6.65. The quantitative estimate of drug-likeness (QED) is 0.321. The Morgan fingerprint density at radius 1 is 1.28 bits per heavy atom. The van der Waals surface area contributed by atoms with E-state index in [1.165, 1.54) is 43.7 Å². The van der Waals surface area contributed by atoms with Gasteiger partial charge in [0, 0.05) is 25.3 Å². The SMILES string of the molecule is CC(=O)Oc1ccc2c(=O)c(/C=N/c3cc(=O)[nH]c(=S)[nH]3)coc2c1. The Kier molecular flexibility index (Phi) is 4.40. The van der Waals surface area contributed by atoms with Crippen molar-refractivity contribution in [1.29, 1.82) is 0 Å². The van der Waals surface area contributed by atoms with Gasteiger partial charge in [-0.15, -0.1) is 0 Å². The normalized spacial score (nSPS) is 11.1. The molecule has 3 aromatic rings. The number of ether oxygens (including phenoxy) is 1. The van der Waals surface area contributed by atoms with Gasteiger partial charge in [-0.1, -0.05) is 0 Å². The van der Waals surface area contributed by atoms with Crippen LogP contribution >= 0.6 is 12.2 Å². The summed E-state index contributed by atoms with van der Waals surface area (Å²) in [6.45, 7) is 1.28. The van der Waals surface area contributed by atoms with Crippen LogP contribution in [-0.4, -0.2) is 22.2 Å². The van der Waals surface area contributed by atoms with Crippen LogP contribution in [0.2, 0.25) is 0 Å². The van der Waals surface area contributed by atoms with E-state index in [1.807, 2.05) is 0 Å².